The first-order valence-corrected chi connectivity index (χ1v) is 8.56. The first-order chi connectivity index (χ1) is 8.58. The summed E-state index contributed by atoms with van der Waals surface area (Å²) in [5.74, 6) is 0.861. The molecule has 0 bridgehead atoms. The molecule has 6 heteroatoms. The summed E-state index contributed by atoms with van der Waals surface area (Å²) in [4.78, 5) is 2.23. The number of nitrogens with one attached hydrogen (secondary N) is 1. The molecular formula is C12H25N3O2S. The molecule has 1 aliphatic carbocycles. The number of nitrogens with zero attached hydrogens (tertiary/aromatic N) is 2. The van der Waals surface area contributed by atoms with Crippen molar-refractivity contribution >= 4 is 10.0 Å². The van der Waals surface area contributed by atoms with E-state index in [2.05, 4.69) is 10.2 Å². The van der Waals surface area contributed by atoms with Crippen molar-refractivity contribution < 1.29 is 8.42 Å². The predicted molar refractivity (Wildman–Crippen MR) is 73.1 cm³/mol. The first kappa shape index (κ1) is 14.2. The van der Waals surface area contributed by atoms with E-state index in [0.29, 0.717) is 19.0 Å². The number of piperazine rings is 1. The Morgan fingerprint density at radius 1 is 1.28 bits per heavy atom. The van der Waals surface area contributed by atoms with Crippen molar-refractivity contribution in [2.75, 3.05) is 52.1 Å². The Morgan fingerprint density at radius 2 is 1.94 bits per heavy atom. The van der Waals surface area contributed by atoms with E-state index in [1.165, 1.54) is 19.3 Å². The van der Waals surface area contributed by atoms with E-state index in [1.807, 2.05) is 0 Å². The monoisotopic (exact) mass is 275 g/mol. The molecule has 1 N–H and O–H groups in total. The molecule has 0 spiro atoms. The molecule has 0 amide bonds. The summed E-state index contributed by atoms with van der Waals surface area (Å²) >= 11 is 0. The van der Waals surface area contributed by atoms with Gasteiger partial charge >= 0.3 is 0 Å². The SMILES string of the molecule is CN(CC1CCC1)S(=O)(=O)CCN1CCNCC1. The van der Waals surface area contributed by atoms with Crippen LogP contribution in [0.2, 0.25) is 0 Å². The minimum absolute atomic E-state index is 0.260. The highest BCUT2D eigenvalue weighted by atomic mass is 32.2. The van der Waals surface area contributed by atoms with Gasteiger partial charge in [0.25, 0.3) is 0 Å². The average Bonchev–Trinajstić information content (AvgIpc) is 2.32. The molecule has 1 aliphatic heterocycles. The molecule has 0 aromatic carbocycles. The van der Waals surface area contributed by atoms with Gasteiger partial charge in [-0.3, -0.25) is 4.90 Å². The summed E-state index contributed by atoms with van der Waals surface area (Å²) in [7, 11) is -1.33. The fourth-order valence-electron chi connectivity index (χ4n) is 2.49. The maximum atomic E-state index is 12.1. The Hall–Kier alpha value is -0.170. The van der Waals surface area contributed by atoms with Gasteiger partial charge in [0, 0.05) is 46.3 Å². The van der Waals surface area contributed by atoms with E-state index in [0.717, 1.165) is 26.2 Å². The number of hydrogen-bond donors (Lipinski definition) is 1. The predicted octanol–water partition coefficient (Wildman–Crippen LogP) is -0.0467. The van der Waals surface area contributed by atoms with Crippen LogP contribution in [0.25, 0.3) is 0 Å². The third kappa shape index (κ3) is 3.91. The molecule has 0 unspecified atom stereocenters. The van der Waals surface area contributed by atoms with Crippen LogP contribution in [0.3, 0.4) is 0 Å². The van der Waals surface area contributed by atoms with Gasteiger partial charge in [0.1, 0.15) is 0 Å². The molecule has 2 aliphatic rings. The van der Waals surface area contributed by atoms with Crippen LogP contribution < -0.4 is 5.32 Å². The fraction of sp³-hybridized carbons (Fsp3) is 1.00. The summed E-state index contributed by atoms with van der Waals surface area (Å²) < 4.78 is 25.8. The molecule has 0 aromatic rings. The van der Waals surface area contributed by atoms with E-state index in [-0.39, 0.29) is 5.75 Å². The van der Waals surface area contributed by atoms with Gasteiger partial charge in [-0.05, 0) is 18.8 Å². The molecule has 1 heterocycles. The van der Waals surface area contributed by atoms with Crippen molar-refractivity contribution in [1.82, 2.24) is 14.5 Å². The highest BCUT2D eigenvalue weighted by Gasteiger charge is 2.25. The summed E-state index contributed by atoms with van der Waals surface area (Å²) in [6.45, 7) is 5.24. The smallest absolute Gasteiger partial charge is 0.215 e. The zero-order chi connectivity index (χ0) is 13.0. The molecule has 1 saturated carbocycles. The highest BCUT2D eigenvalue weighted by molar-refractivity contribution is 7.89. The molecule has 1 saturated heterocycles. The van der Waals surface area contributed by atoms with Crippen LogP contribution in [0.15, 0.2) is 0 Å². The van der Waals surface area contributed by atoms with Crippen LogP contribution in [0.4, 0.5) is 0 Å². The van der Waals surface area contributed by atoms with Crippen molar-refractivity contribution in [3.63, 3.8) is 0 Å². The Kier molecular flexibility index (Phi) is 5.00. The Morgan fingerprint density at radius 3 is 2.50 bits per heavy atom. The lowest BCUT2D eigenvalue weighted by atomic mass is 9.86. The van der Waals surface area contributed by atoms with Crippen molar-refractivity contribution in [2.24, 2.45) is 5.92 Å². The van der Waals surface area contributed by atoms with Gasteiger partial charge < -0.3 is 5.32 Å². The lowest BCUT2D eigenvalue weighted by Gasteiger charge is -2.31. The molecule has 2 fully saturated rings. The average molecular weight is 275 g/mol. The molecule has 0 atom stereocenters. The number of sulfonamides is 1. The molecule has 18 heavy (non-hydrogen) atoms. The first-order valence-electron chi connectivity index (χ1n) is 6.95. The van der Waals surface area contributed by atoms with Gasteiger partial charge in [-0.15, -0.1) is 0 Å². The van der Waals surface area contributed by atoms with Gasteiger partial charge in [0.15, 0.2) is 0 Å². The highest BCUT2D eigenvalue weighted by Crippen LogP contribution is 2.27. The molecule has 0 aromatic heterocycles. The molecule has 5 nitrogen and oxygen atoms in total. The minimum atomic E-state index is -3.06. The molecule has 2 rings (SSSR count). The largest absolute Gasteiger partial charge is 0.314 e. The van der Waals surface area contributed by atoms with E-state index >= 15 is 0 Å². The van der Waals surface area contributed by atoms with Gasteiger partial charge in [-0.25, -0.2) is 12.7 Å². The fourth-order valence-corrected chi connectivity index (χ4v) is 3.73. The van der Waals surface area contributed by atoms with Gasteiger partial charge in [0.05, 0.1) is 5.75 Å². The molecule has 0 radical (unpaired) electrons. The van der Waals surface area contributed by atoms with Crippen molar-refractivity contribution in [3.05, 3.63) is 0 Å². The maximum absolute atomic E-state index is 12.1. The van der Waals surface area contributed by atoms with Crippen LogP contribution in [0, 0.1) is 5.92 Å². The van der Waals surface area contributed by atoms with Crippen LogP contribution in [-0.4, -0.2) is 69.7 Å². The standard InChI is InChI=1S/C12H25N3O2S/c1-14(11-12-3-2-4-12)18(16,17)10-9-15-7-5-13-6-8-15/h12-13H,2-11H2,1H3. The van der Waals surface area contributed by atoms with Gasteiger partial charge in [-0.2, -0.15) is 0 Å². The van der Waals surface area contributed by atoms with E-state index < -0.39 is 10.0 Å². The lowest BCUT2D eigenvalue weighted by Crippen LogP contribution is -2.46. The number of hydrogen-bond acceptors (Lipinski definition) is 4. The summed E-state index contributed by atoms with van der Waals surface area (Å²) in [6, 6.07) is 0. The topological polar surface area (TPSA) is 52.7 Å². The van der Waals surface area contributed by atoms with Crippen LogP contribution >= 0.6 is 0 Å². The lowest BCUT2D eigenvalue weighted by molar-refractivity contribution is 0.247. The Bertz CT molecular complexity index is 348. The Balaban J connectivity index is 1.74. The Labute approximate surface area is 111 Å². The van der Waals surface area contributed by atoms with Crippen molar-refractivity contribution in [2.45, 2.75) is 19.3 Å². The molecule has 106 valence electrons. The quantitative estimate of drug-likeness (QED) is 0.739. The second-order valence-electron chi connectivity index (χ2n) is 5.49. The van der Waals surface area contributed by atoms with E-state index in [9.17, 15) is 8.42 Å². The normalized spacial score (nSPS) is 23.2. The van der Waals surface area contributed by atoms with Crippen molar-refractivity contribution in [1.29, 1.82) is 0 Å². The van der Waals surface area contributed by atoms with E-state index in [4.69, 9.17) is 0 Å². The van der Waals surface area contributed by atoms with Crippen molar-refractivity contribution in [3.8, 4) is 0 Å². The third-order valence-electron chi connectivity index (χ3n) is 4.09. The van der Waals surface area contributed by atoms with E-state index in [1.54, 1.807) is 11.4 Å². The van der Waals surface area contributed by atoms with Gasteiger partial charge in [-0.1, -0.05) is 6.42 Å². The van der Waals surface area contributed by atoms with Crippen LogP contribution in [0.5, 0.6) is 0 Å². The second-order valence-corrected chi connectivity index (χ2v) is 7.68. The zero-order valence-electron chi connectivity index (χ0n) is 11.3. The summed E-state index contributed by atoms with van der Waals surface area (Å²) in [6.07, 6.45) is 3.65. The zero-order valence-corrected chi connectivity index (χ0v) is 12.1. The molecular weight excluding hydrogens is 250 g/mol. The summed E-state index contributed by atoms with van der Waals surface area (Å²) in [5.41, 5.74) is 0. The van der Waals surface area contributed by atoms with Crippen LogP contribution in [-0.2, 0) is 10.0 Å². The summed E-state index contributed by atoms with van der Waals surface area (Å²) in [5, 5.41) is 3.27. The number of rotatable bonds is 6. The van der Waals surface area contributed by atoms with Crippen LogP contribution in [0.1, 0.15) is 19.3 Å². The maximum Gasteiger partial charge on any atom is 0.215 e. The third-order valence-corrected chi connectivity index (χ3v) is 5.89. The second kappa shape index (κ2) is 6.32. The minimum Gasteiger partial charge on any atom is -0.314 e. The van der Waals surface area contributed by atoms with Gasteiger partial charge in [0.2, 0.25) is 10.0 Å².